The Morgan fingerprint density at radius 1 is 1.15 bits per heavy atom. The molecule has 4 fully saturated rings. The molecule has 0 amide bonds. The van der Waals surface area contributed by atoms with E-state index >= 15 is 0 Å². The molecule has 2 nitrogen and oxygen atoms in total. The van der Waals surface area contributed by atoms with Crippen LogP contribution in [0.25, 0.3) is 0 Å². The Balaban J connectivity index is 1.74. The fraction of sp³-hybridized carbons (Fsp3) is 1.00. The van der Waals surface area contributed by atoms with Gasteiger partial charge in [0.2, 0.25) is 0 Å². The maximum absolute atomic E-state index is 6.84. The molecule has 0 heterocycles. The van der Waals surface area contributed by atoms with Gasteiger partial charge >= 0.3 is 0 Å². The molecule has 0 aromatic heterocycles. The van der Waals surface area contributed by atoms with Crippen molar-refractivity contribution in [2.75, 3.05) is 6.61 Å². The van der Waals surface area contributed by atoms with Gasteiger partial charge in [0, 0.05) is 0 Å². The lowest BCUT2D eigenvalue weighted by Crippen LogP contribution is -2.48. The van der Waals surface area contributed by atoms with Crippen LogP contribution in [0.3, 0.4) is 0 Å². The Morgan fingerprint density at radius 3 is 2.15 bits per heavy atom. The highest BCUT2D eigenvalue weighted by molar-refractivity contribution is 5.01. The zero-order valence-electron chi connectivity index (χ0n) is 9.09. The fourth-order valence-corrected chi connectivity index (χ4v) is 4.62. The molecule has 13 heavy (non-hydrogen) atoms. The van der Waals surface area contributed by atoms with Gasteiger partial charge in [-0.3, -0.25) is 0 Å². The van der Waals surface area contributed by atoms with Crippen molar-refractivity contribution in [2.24, 2.45) is 29.1 Å². The Labute approximate surface area is 81.2 Å². The predicted molar refractivity (Wildman–Crippen MR) is 50.7 cm³/mol. The molecule has 0 aromatic rings. The van der Waals surface area contributed by atoms with Crippen LogP contribution in [0.2, 0.25) is 1.41 Å². The third-order valence-electron chi connectivity index (χ3n) is 4.54. The van der Waals surface area contributed by atoms with Crippen LogP contribution in [0.1, 0.15) is 38.5 Å². The molecule has 0 spiro atoms. The molecular weight excluding hydrogens is 162 g/mol. The van der Waals surface area contributed by atoms with E-state index in [1.807, 2.05) is 0 Å². The van der Waals surface area contributed by atoms with Crippen molar-refractivity contribution in [2.45, 2.75) is 38.5 Å². The average Bonchev–Trinajstić information content (AvgIpc) is 2.12. The predicted octanol–water partition coefficient (Wildman–Crippen LogP) is 2.09. The van der Waals surface area contributed by atoms with E-state index in [0.717, 1.165) is 24.4 Å². The Kier molecular flexibility index (Phi) is 1.51. The summed E-state index contributed by atoms with van der Waals surface area (Å²) in [6, 6.07) is 0. The molecule has 0 aliphatic heterocycles. The Bertz CT molecular complexity index is 196. The zero-order chi connectivity index (χ0) is 9.60. The van der Waals surface area contributed by atoms with Crippen molar-refractivity contribution in [3.05, 3.63) is 0 Å². The topological polar surface area (TPSA) is 35.2 Å². The minimum absolute atomic E-state index is 0.447. The SMILES string of the molecule is [2H]NOCC12CC3CC(CC(C3)C1)C2. The second kappa shape index (κ2) is 2.71. The van der Waals surface area contributed by atoms with E-state index in [1.54, 1.807) is 0 Å². The molecule has 74 valence electrons. The molecule has 4 bridgehead atoms. The van der Waals surface area contributed by atoms with Crippen LogP contribution in [0, 0.1) is 23.2 Å². The van der Waals surface area contributed by atoms with Crippen molar-refractivity contribution in [3.8, 4) is 0 Å². The molecule has 0 atom stereocenters. The second-order valence-electron chi connectivity index (χ2n) is 5.71. The third-order valence-corrected chi connectivity index (χ3v) is 4.54. The van der Waals surface area contributed by atoms with Crippen molar-refractivity contribution < 1.29 is 6.25 Å². The summed E-state index contributed by atoms with van der Waals surface area (Å²) in [4.78, 5) is 5.14. The molecular formula is C11H19NO. The third kappa shape index (κ3) is 1.23. The summed E-state index contributed by atoms with van der Waals surface area (Å²) >= 11 is 0. The summed E-state index contributed by atoms with van der Waals surface area (Å²) in [6.07, 6.45) is 8.52. The summed E-state index contributed by atoms with van der Waals surface area (Å²) in [7, 11) is 0. The van der Waals surface area contributed by atoms with E-state index in [1.165, 1.54) is 38.5 Å². The number of nitrogens with two attached hydrogens (primary N) is 1. The average molecular weight is 182 g/mol. The lowest BCUT2D eigenvalue weighted by molar-refractivity contribution is -0.0971. The summed E-state index contributed by atoms with van der Waals surface area (Å²) in [6.45, 7) is 0.764. The first kappa shape index (κ1) is 7.24. The highest BCUT2D eigenvalue weighted by atomic mass is 16.6. The molecule has 4 saturated carbocycles. The normalized spacial score (nSPS) is 53.8. The summed E-state index contributed by atoms with van der Waals surface area (Å²) in [5.74, 6) is 5.04. The van der Waals surface area contributed by atoms with Gasteiger partial charge < -0.3 is 4.84 Å². The van der Waals surface area contributed by atoms with Crippen molar-refractivity contribution in [1.29, 1.82) is 0 Å². The van der Waals surface area contributed by atoms with E-state index in [9.17, 15) is 0 Å². The van der Waals surface area contributed by atoms with Crippen LogP contribution in [-0.2, 0) is 4.84 Å². The van der Waals surface area contributed by atoms with Gasteiger partial charge in [-0.05, 0) is 61.7 Å². The smallest absolute Gasteiger partial charge is 0.151 e. The highest BCUT2D eigenvalue weighted by Crippen LogP contribution is 2.59. The van der Waals surface area contributed by atoms with Gasteiger partial charge in [-0.2, -0.15) is 0 Å². The van der Waals surface area contributed by atoms with E-state index in [4.69, 9.17) is 6.25 Å². The van der Waals surface area contributed by atoms with Gasteiger partial charge in [-0.1, -0.05) is 0 Å². The Morgan fingerprint density at radius 2 is 1.69 bits per heavy atom. The quantitative estimate of drug-likeness (QED) is 0.678. The maximum Gasteiger partial charge on any atom is 0.151 e. The molecule has 4 rings (SSSR count). The summed E-state index contributed by atoms with van der Waals surface area (Å²) in [5, 5.41) is 0. The van der Waals surface area contributed by atoms with Gasteiger partial charge in [0.15, 0.2) is 1.41 Å². The fourth-order valence-electron chi connectivity index (χ4n) is 4.62. The van der Waals surface area contributed by atoms with Crippen LogP contribution in [-0.4, -0.2) is 6.61 Å². The first-order valence-corrected chi connectivity index (χ1v) is 5.58. The van der Waals surface area contributed by atoms with Crippen LogP contribution >= 0.6 is 0 Å². The number of hydrogen-bond acceptors (Lipinski definition) is 2. The molecule has 2 heteroatoms. The molecule has 4 aliphatic carbocycles. The van der Waals surface area contributed by atoms with Gasteiger partial charge in [0.25, 0.3) is 0 Å². The van der Waals surface area contributed by atoms with Gasteiger partial charge in [0.05, 0.1) is 6.61 Å². The minimum atomic E-state index is 0.447. The van der Waals surface area contributed by atoms with Crippen LogP contribution in [0.4, 0.5) is 0 Å². The highest BCUT2D eigenvalue weighted by Gasteiger charge is 2.50. The zero-order valence-corrected chi connectivity index (χ0v) is 8.09. The van der Waals surface area contributed by atoms with Crippen molar-refractivity contribution in [1.82, 2.24) is 0 Å². The van der Waals surface area contributed by atoms with E-state index in [0.29, 0.717) is 5.41 Å². The second-order valence-corrected chi connectivity index (χ2v) is 5.71. The number of hydrogen-bond donors (Lipinski definition) is 1. The van der Waals surface area contributed by atoms with Crippen LogP contribution in [0.15, 0.2) is 0 Å². The molecule has 0 unspecified atom stereocenters. The maximum atomic E-state index is 6.84. The van der Waals surface area contributed by atoms with Gasteiger partial charge in [-0.15, -0.1) is 0 Å². The van der Waals surface area contributed by atoms with Gasteiger partial charge in [0.1, 0.15) is 0 Å². The minimum Gasteiger partial charge on any atom is -0.304 e. The van der Waals surface area contributed by atoms with Gasteiger partial charge in [-0.25, -0.2) is 5.89 Å². The first-order chi connectivity index (χ1) is 6.80. The van der Waals surface area contributed by atoms with E-state index < -0.39 is 0 Å². The lowest BCUT2D eigenvalue weighted by Gasteiger charge is -2.56. The molecule has 2 N–H and O–H groups in total. The van der Waals surface area contributed by atoms with E-state index in [2.05, 4.69) is 5.89 Å². The molecule has 0 aromatic carbocycles. The lowest BCUT2D eigenvalue weighted by atomic mass is 9.50. The van der Waals surface area contributed by atoms with E-state index in [-0.39, 0.29) is 0 Å². The Hall–Kier alpha value is -0.0800. The first-order valence-electron chi connectivity index (χ1n) is 6.08. The number of rotatable bonds is 3. The monoisotopic (exact) mass is 182 g/mol. The van der Waals surface area contributed by atoms with Crippen LogP contribution < -0.4 is 5.89 Å². The summed E-state index contributed by atoms with van der Waals surface area (Å²) in [5.41, 5.74) is 0.447. The molecule has 4 aliphatic rings. The van der Waals surface area contributed by atoms with Crippen molar-refractivity contribution >= 4 is 0 Å². The standard InChI is InChI=1S/C11H19NO/c12-13-7-11-4-8-1-9(5-11)3-10(2-8)6-11/h8-10H,1-7,12H2/i12D. The largest absolute Gasteiger partial charge is 0.304 e. The molecule has 0 saturated heterocycles. The molecule has 0 radical (unpaired) electrons. The van der Waals surface area contributed by atoms with Crippen molar-refractivity contribution in [3.63, 3.8) is 0 Å². The summed E-state index contributed by atoms with van der Waals surface area (Å²) < 4.78 is 6.84. The van der Waals surface area contributed by atoms with Crippen LogP contribution in [0.5, 0.6) is 0 Å².